The third kappa shape index (κ3) is 5.60. The molecule has 49 heavy (non-hydrogen) atoms. The first-order valence-corrected chi connectivity index (χ1v) is 16.5. The van der Waals surface area contributed by atoms with Gasteiger partial charge in [-0.25, -0.2) is 4.68 Å². The van der Waals surface area contributed by atoms with Gasteiger partial charge in [0.2, 0.25) is 0 Å². The molecule has 0 bridgehead atoms. The highest BCUT2D eigenvalue weighted by Crippen LogP contribution is 2.54. The summed E-state index contributed by atoms with van der Waals surface area (Å²) in [5, 5.41) is 30.4. The minimum Gasteiger partial charge on any atom is -0.851 e. The first kappa shape index (κ1) is 32.7. The maximum absolute atomic E-state index is 14.4. The minimum absolute atomic E-state index is 0.0634. The van der Waals surface area contributed by atoms with E-state index in [1.54, 1.807) is 24.3 Å². The van der Waals surface area contributed by atoms with Crippen LogP contribution in [-0.2, 0) is 24.4 Å². The Labute approximate surface area is 282 Å². The number of allylic oxidation sites excluding steroid dienone is 1. The van der Waals surface area contributed by atoms with Crippen LogP contribution < -0.4 is 20.7 Å². The van der Waals surface area contributed by atoms with E-state index in [4.69, 9.17) is 0 Å². The first-order valence-electron chi connectivity index (χ1n) is 16.5. The van der Waals surface area contributed by atoms with Crippen LogP contribution in [-0.4, -0.2) is 28.0 Å². The van der Waals surface area contributed by atoms with E-state index in [0.717, 1.165) is 32.8 Å². The van der Waals surface area contributed by atoms with Crippen LogP contribution in [0, 0.1) is 5.92 Å². The van der Waals surface area contributed by atoms with Crippen molar-refractivity contribution in [1.29, 1.82) is 0 Å². The molecule has 0 spiro atoms. The molecule has 2 atom stereocenters. The molecule has 1 fully saturated rings. The van der Waals surface area contributed by atoms with Gasteiger partial charge in [-0.3, -0.25) is 9.89 Å². The van der Waals surface area contributed by atoms with Gasteiger partial charge in [0, 0.05) is 22.8 Å². The highest BCUT2D eigenvalue weighted by atomic mass is 19.4. The zero-order chi connectivity index (χ0) is 34.5. The Morgan fingerprint density at radius 2 is 1.31 bits per heavy atom. The fourth-order valence-corrected chi connectivity index (χ4v) is 7.85. The third-order valence-electron chi connectivity index (χ3n) is 10.0. The molecule has 1 saturated carbocycles. The van der Waals surface area contributed by atoms with Crippen LogP contribution in [0.15, 0.2) is 132 Å². The minimum atomic E-state index is -4.97. The monoisotopic (exact) mass is 663 g/mol. The maximum atomic E-state index is 14.4. The largest absolute Gasteiger partial charge is 0.851 e. The number of nitrogens with zero attached hydrogens (tertiary/aromatic N) is 2. The van der Waals surface area contributed by atoms with E-state index < -0.39 is 52.5 Å². The van der Waals surface area contributed by atoms with Gasteiger partial charge < -0.3 is 15.1 Å². The third-order valence-corrected chi connectivity index (χ3v) is 10.0. The summed E-state index contributed by atoms with van der Waals surface area (Å²) in [6, 6.07) is 35.9. The molecule has 1 aliphatic carbocycles. The standard InChI is InChI=1S/C40H36F3N3O3/c1-25(2)45-31-21-13-12-20-30(31)39(23-26-14-6-3-7-15-26,24-27-16-8-4-9-17-27)32(45)22-29-35(47)33(36(29)48)34-37(40(41,42)43)44-46(38(34)49)28-18-10-5-11-19-28/h3-22,25,29,33,35-36,44H,23-24H2,1-2H3/q-2. The molecular formula is C40H36F3N3O3-2. The lowest BCUT2D eigenvalue weighted by molar-refractivity contribution is -0.543. The van der Waals surface area contributed by atoms with Crippen molar-refractivity contribution in [2.24, 2.45) is 5.92 Å². The van der Waals surface area contributed by atoms with E-state index in [1.807, 2.05) is 68.4 Å². The molecule has 2 unspecified atom stereocenters. The molecule has 1 N–H and O–H groups in total. The average Bonchev–Trinajstić information content (AvgIpc) is 3.57. The van der Waals surface area contributed by atoms with Crippen molar-refractivity contribution in [1.82, 2.24) is 9.78 Å². The van der Waals surface area contributed by atoms with Crippen molar-refractivity contribution in [3.05, 3.63) is 165 Å². The summed E-state index contributed by atoms with van der Waals surface area (Å²) >= 11 is 0. The Balaban J connectivity index is 1.37. The van der Waals surface area contributed by atoms with Crippen molar-refractivity contribution in [2.45, 2.75) is 62.4 Å². The molecule has 2 aliphatic rings. The topological polar surface area (TPSA) is 87.2 Å². The Morgan fingerprint density at radius 1 is 0.796 bits per heavy atom. The number of fused-ring (bicyclic) bond motifs is 1. The number of alkyl halides is 3. The number of rotatable bonds is 8. The Hall–Kier alpha value is -4.86. The molecule has 9 heteroatoms. The summed E-state index contributed by atoms with van der Waals surface area (Å²) in [5.74, 6) is -2.82. The fourth-order valence-electron chi connectivity index (χ4n) is 7.85. The Bertz CT molecular complexity index is 1970. The van der Waals surface area contributed by atoms with Crippen LogP contribution in [0.1, 0.15) is 47.7 Å². The van der Waals surface area contributed by atoms with E-state index >= 15 is 0 Å². The van der Waals surface area contributed by atoms with E-state index in [9.17, 15) is 28.2 Å². The van der Waals surface area contributed by atoms with Crippen LogP contribution >= 0.6 is 0 Å². The van der Waals surface area contributed by atoms with E-state index in [-0.39, 0.29) is 11.7 Å². The number of H-pyrrole nitrogens is 1. The number of nitrogens with one attached hydrogen (secondary N) is 1. The van der Waals surface area contributed by atoms with Crippen molar-refractivity contribution in [3.8, 4) is 5.69 Å². The number of para-hydroxylation sites is 2. The van der Waals surface area contributed by atoms with Gasteiger partial charge in [-0.2, -0.15) is 13.2 Å². The van der Waals surface area contributed by atoms with Crippen LogP contribution in [0.4, 0.5) is 18.9 Å². The van der Waals surface area contributed by atoms with Crippen LogP contribution in [0.25, 0.3) is 5.69 Å². The predicted molar refractivity (Wildman–Crippen MR) is 179 cm³/mol. The second-order valence-corrected chi connectivity index (χ2v) is 13.3. The molecule has 0 amide bonds. The van der Waals surface area contributed by atoms with Gasteiger partial charge in [0.15, 0.2) is 0 Å². The number of aromatic amines is 1. The van der Waals surface area contributed by atoms with Gasteiger partial charge in [-0.05, 0) is 73.4 Å². The van der Waals surface area contributed by atoms with Gasteiger partial charge >= 0.3 is 6.18 Å². The SMILES string of the molecule is CC(C)N1C(=CC2C([O-])C(c3c(C(F)(F)F)[nH]n(-c4ccccc4)c3=O)C2[O-])C(Cc2ccccc2)(Cc2ccccc2)c2ccccc21. The fraction of sp³-hybridized carbons (Fsp3) is 0.275. The highest BCUT2D eigenvalue weighted by Gasteiger charge is 2.51. The molecule has 252 valence electrons. The number of hydrogen-bond acceptors (Lipinski definition) is 4. The van der Waals surface area contributed by atoms with Crippen molar-refractivity contribution < 1.29 is 23.4 Å². The number of benzene rings is 4. The van der Waals surface area contributed by atoms with Gasteiger partial charge in [0.1, 0.15) is 5.69 Å². The Morgan fingerprint density at radius 3 is 1.84 bits per heavy atom. The van der Waals surface area contributed by atoms with Crippen molar-refractivity contribution in [3.63, 3.8) is 0 Å². The molecule has 0 saturated heterocycles. The van der Waals surface area contributed by atoms with Gasteiger partial charge in [-0.1, -0.05) is 103 Å². The zero-order valence-electron chi connectivity index (χ0n) is 27.1. The maximum Gasteiger partial charge on any atom is 0.433 e. The van der Waals surface area contributed by atoms with Crippen LogP contribution in [0.2, 0.25) is 0 Å². The molecule has 7 rings (SSSR count). The van der Waals surface area contributed by atoms with E-state index in [2.05, 4.69) is 40.3 Å². The molecular weight excluding hydrogens is 627 g/mol. The average molecular weight is 664 g/mol. The van der Waals surface area contributed by atoms with Crippen molar-refractivity contribution >= 4 is 5.69 Å². The molecule has 1 aliphatic heterocycles. The first-order chi connectivity index (χ1) is 23.5. The number of aromatic nitrogens is 2. The highest BCUT2D eigenvalue weighted by molar-refractivity contribution is 5.73. The van der Waals surface area contributed by atoms with Crippen LogP contribution in [0.5, 0.6) is 0 Å². The lowest BCUT2D eigenvalue weighted by Crippen LogP contribution is -2.66. The number of halogens is 3. The summed E-state index contributed by atoms with van der Waals surface area (Å²) in [5.41, 5.74) is 1.25. The van der Waals surface area contributed by atoms with Gasteiger partial charge in [0.05, 0.1) is 11.3 Å². The summed E-state index contributed by atoms with van der Waals surface area (Å²) in [7, 11) is 0. The molecule has 0 radical (unpaired) electrons. The molecule has 6 nitrogen and oxygen atoms in total. The number of hydrogen-bond donors (Lipinski definition) is 1. The second-order valence-electron chi connectivity index (χ2n) is 13.3. The van der Waals surface area contributed by atoms with Gasteiger partial charge in [-0.15, -0.1) is 12.2 Å². The molecule has 1 aromatic heterocycles. The van der Waals surface area contributed by atoms with E-state index in [0.29, 0.717) is 12.8 Å². The lowest BCUT2D eigenvalue weighted by Gasteiger charge is -2.60. The summed E-state index contributed by atoms with van der Waals surface area (Å²) < 4.78 is 43.8. The molecule has 4 aromatic carbocycles. The summed E-state index contributed by atoms with van der Waals surface area (Å²) in [4.78, 5) is 15.7. The summed E-state index contributed by atoms with van der Waals surface area (Å²) in [6.07, 6.45) is -5.63. The van der Waals surface area contributed by atoms with Gasteiger partial charge in [0.25, 0.3) is 5.56 Å². The normalized spacial score (nSPS) is 22.4. The summed E-state index contributed by atoms with van der Waals surface area (Å²) in [6.45, 7) is 4.08. The molecule has 5 aromatic rings. The van der Waals surface area contributed by atoms with Crippen molar-refractivity contribution in [2.75, 3.05) is 4.90 Å². The lowest BCUT2D eigenvalue weighted by atomic mass is 9.63. The molecule has 2 heterocycles. The quantitative estimate of drug-likeness (QED) is 0.224. The smallest absolute Gasteiger partial charge is 0.433 e. The number of anilines is 1. The van der Waals surface area contributed by atoms with E-state index in [1.165, 1.54) is 12.1 Å². The second kappa shape index (κ2) is 12.5. The van der Waals surface area contributed by atoms with Crippen LogP contribution in [0.3, 0.4) is 0 Å². The Kier molecular flexibility index (Phi) is 8.37. The zero-order valence-corrected chi connectivity index (χ0v) is 27.1. The predicted octanol–water partition coefficient (Wildman–Crippen LogP) is 5.89.